The molecule has 1 aromatic heterocycles. The maximum absolute atomic E-state index is 7.24. The van der Waals surface area contributed by atoms with E-state index in [1.54, 1.807) is 0 Å². The lowest BCUT2D eigenvalue weighted by atomic mass is 9.33. The second-order valence-corrected chi connectivity index (χ2v) is 23.5. The summed E-state index contributed by atoms with van der Waals surface area (Å²) < 4.78 is 7.24. The monoisotopic (exact) mass is 829 g/mol. The largest absolute Gasteiger partial charge is 0.440 e. The first-order chi connectivity index (χ1) is 29.5. The smallest absolute Gasteiger partial charge is 0.257 e. The summed E-state index contributed by atoms with van der Waals surface area (Å²) in [6.45, 7) is 32.9. The summed E-state index contributed by atoms with van der Waals surface area (Å²) >= 11 is 0. The van der Waals surface area contributed by atoms with Crippen molar-refractivity contribution in [3.8, 4) is 11.1 Å². The molecule has 0 N–H and O–H groups in total. The van der Waals surface area contributed by atoms with Gasteiger partial charge >= 0.3 is 0 Å². The molecule has 0 saturated heterocycles. The lowest BCUT2D eigenvalue weighted by Gasteiger charge is -2.47. The van der Waals surface area contributed by atoms with E-state index in [1.807, 2.05) is 0 Å². The summed E-state index contributed by atoms with van der Waals surface area (Å²) in [5.74, 6) is 0.921. The van der Waals surface area contributed by atoms with Crippen molar-refractivity contribution in [3.63, 3.8) is 0 Å². The van der Waals surface area contributed by atoms with E-state index in [0.29, 0.717) is 0 Å². The van der Waals surface area contributed by atoms with E-state index in [1.165, 1.54) is 89.0 Å². The summed E-state index contributed by atoms with van der Waals surface area (Å²) in [7, 11) is 0. The SMILES string of the molecule is Cc1ccc2oc3c(c2c1)B1c2cc4c(cc2N(c2ccc(C(C)(C)C)cc2-c2ccccc2)c2cc(C(C)(C)C)cc(c21)N3c1ccc(C(C)(C)C)cc1)C(C)(C)CCC4(C)C. The Bertz CT molecular complexity index is 2960. The van der Waals surface area contributed by atoms with Gasteiger partial charge in [-0.05, 0) is 146 Å². The molecule has 320 valence electrons. The summed E-state index contributed by atoms with van der Waals surface area (Å²) in [4.78, 5) is 5.13. The van der Waals surface area contributed by atoms with Crippen LogP contribution in [-0.2, 0) is 27.1 Å². The summed E-state index contributed by atoms with van der Waals surface area (Å²) in [6, 6.07) is 44.6. The maximum atomic E-state index is 7.24. The van der Waals surface area contributed by atoms with Gasteiger partial charge in [0.05, 0.1) is 5.69 Å². The van der Waals surface area contributed by atoms with Crippen LogP contribution in [0.4, 0.5) is 34.3 Å². The average Bonchev–Trinajstić information content (AvgIpc) is 3.59. The molecule has 10 rings (SSSR count). The summed E-state index contributed by atoms with van der Waals surface area (Å²) in [5.41, 5.74) is 21.4. The van der Waals surface area contributed by atoms with Gasteiger partial charge in [0, 0.05) is 39.2 Å². The van der Waals surface area contributed by atoms with Gasteiger partial charge in [0.2, 0.25) is 5.88 Å². The first-order valence-corrected chi connectivity index (χ1v) is 23.3. The average molecular weight is 829 g/mol. The van der Waals surface area contributed by atoms with Crippen LogP contribution in [0.5, 0.6) is 0 Å². The number of nitrogens with zero attached hydrogens (tertiary/aromatic N) is 2. The Morgan fingerprint density at radius 3 is 1.73 bits per heavy atom. The lowest BCUT2D eigenvalue weighted by molar-refractivity contribution is 0.332. The summed E-state index contributed by atoms with van der Waals surface area (Å²) in [5, 5.41) is 1.19. The number of furan rings is 1. The number of benzene rings is 6. The highest BCUT2D eigenvalue weighted by Gasteiger charge is 2.49. The van der Waals surface area contributed by atoms with E-state index in [2.05, 4.69) is 222 Å². The lowest BCUT2D eigenvalue weighted by Crippen LogP contribution is -2.61. The van der Waals surface area contributed by atoms with Gasteiger partial charge in [0.15, 0.2) is 0 Å². The van der Waals surface area contributed by atoms with Gasteiger partial charge in [-0.3, -0.25) is 4.90 Å². The molecule has 0 radical (unpaired) electrons. The van der Waals surface area contributed by atoms with Gasteiger partial charge < -0.3 is 9.32 Å². The van der Waals surface area contributed by atoms with Crippen LogP contribution in [-0.4, -0.2) is 6.71 Å². The Kier molecular flexibility index (Phi) is 9.07. The molecule has 0 unspecified atom stereocenters. The standard InChI is InChI=1S/C59H65BN2O/c1-36-20-27-51-43(30-36)52-54(63-51)61(41-24-21-38(22-25-41)55(2,3)4)49-32-40(57(8,9)10)33-50-53(49)60(52)46-34-44-45(59(13,14)29-28-58(44,11)12)35-48(46)62(50)47-26-23-39(56(5,6)7)31-42(47)37-18-16-15-17-19-37/h15-27,30-35H,28-29H2,1-14H3. The van der Waals surface area contributed by atoms with Gasteiger partial charge in [-0.25, -0.2) is 0 Å². The first kappa shape index (κ1) is 41.5. The molecule has 0 fully saturated rings. The third-order valence-corrected chi connectivity index (χ3v) is 14.9. The van der Waals surface area contributed by atoms with Crippen molar-refractivity contribution < 1.29 is 4.42 Å². The molecule has 0 spiro atoms. The predicted molar refractivity (Wildman–Crippen MR) is 272 cm³/mol. The number of anilines is 6. The highest BCUT2D eigenvalue weighted by molar-refractivity contribution is 7.01. The van der Waals surface area contributed by atoms with Crippen molar-refractivity contribution in [1.29, 1.82) is 0 Å². The maximum Gasteiger partial charge on any atom is 0.257 e. The van der Waals surface area contributed by atoms with Gasteiger partial charge in [0.1, 0.15) is 5.58 Å². The van der Waals surface area contributed by atoms with E-state index in [-0.39, 0.29) is 33.8 Å². The fourth-order valence-electron chi connectivity index (χ4n) is 10.8. The number of hydrogen-bond donors (Lipinski definition) is 0. The molecule has 0 saturated carbocycles. The van der Waals surface area contributed by atoms with E-state index in [9.17, 15) is 0 Å². The Hall–Kier alpha value is -5.48. The van der Waals surface area contributed by atoms with Crippen LogP contribution >= 0.6 is 0 Å². The third kappa shape index (κ3) is 6.60. The van der Waals surface area contributed by atoms with Gasteiger partial charge in [-0.2, -0.15) is 0 Å². The number of hydrogen-bond acceptors (Lipinski definition) is 3. The minimum Gasteiger partial charge on any atom is -0.440 e. The van der Waals surface area contributed by atoms with Gasteiger partial charge in [-0.15, -0.1) is 0 Å². The van der Waals surface area contributed by atoms with Crippen LogP contribution in [0.25, 0.3) is 22.1 Å². The zero-order valence-corrected chi connectivity index (χ0v) is 40.3. The molecule has 3 aliphatic rings. The summed E-state index contributed by atoms with van der Waals surface area (Å²) in [6.07, 6.45) is 2.30. The second kappa shape index (κ2) is 13.8. The fraction of sp³-hybridized carbons (Fsp3) is 0.356. The molecule has 0 bridgehead atoms. The third-order valence-electron chi connectivity index (χ3n) is 14.9. The minimum atomic E-state index is -0.139. The second-order valence-electron chi connectivity index (χ2n) is 23.5. The van der Waals surface area contributed by atoms with Crippen molar-refractivity contribution in [2.75, 3.05) is 9.80 Å². The Morgan fingerprint density at radius 1 is 0.524 bits per heavy atom. The molecular weight excluding hydrogens is 763 g/mol. The molecule has 3 nitrogen and oxygen atoms in total. The molecule has 6 aromatic carbocycles. The molecular formula is C59H65BN2O. The van der Waals surface area contributed by atoms with E-state index in [0.717, 1.165) is 30.0 Å². The molecule has 1 aliphatic carbocycles. The zero-order chi connectivity index (χ0) is 44.8. The number of rotatable bonds is 3. The molecule has 7 aromatic rings. The molecule has 4 heteroatoms. The molecule has 3 heterocycles. The molecule has 2 aliphatic heterocycles. The molecule has 63 heavy (non-hydrogen) atoms. The van der Waals surface area contributed by atoms with Gasteiger partial charge in [-0.1, -0.05) is 156 Å². The van der Waals surface area contributed by atoms with Crippen molar-refractivity contribution in [3.05, 3.63) is 149 Å². The normalized spacial score (nSPS) is 16.4. The number of fused-ring (bicyclic) bond motifs is 7. The first-order valence-electron chi connectivity index (χ1n) is 23.3. The fourth-order valence-corrected chi connectivity index (χ4v) is 10.8. The van der Waals surface area contributed by atoms with E-state index < -0.39 is 0 Å². The highest BCUT2D eigenvalue weighted by atomic mass is 16.4. The molecule has 0 atom stereocenters. The Labute approximate surface area is 377 Å². The van der Waals surface area contributed by atoms with Crippen LogP contribution in [0.15, 0.2) is 120 Å². The van der Waals surface area contributed by atoms with Crippen LogP contribution < -0.4 is 26.2 Å². The quantitative estimate of drug-likeness (QED) is 0.165. The predicted octanol–water partition coefficient (Wildman–Crippen LogP) is 14.7. The van der Waals surface area contributed by atoms with Crippen LogP contribution in [0.3, 0.4) is 0 Å². The highest BCUT2D eigenvalue weighted by Crippen LogP contribution is 2.53. The van der Waals surface area contributed by atoms with Crippen LogP contribution in [0, 0.1) is 6.92 Å². The van der Waals surface area contributed by atoms with Crippen molar-refractivity contribution in [2.24, 2.45) is 0 Å². The molecule has 0 amide bonds. The van der Waals surface area contributed by atoms with Crippen LogP contribution in [0.2, 0.25) is 0 Å². The minimum absolute atomic E-state index is 0.0210. The van der Waals surface area contributed by atoms with Gasteiger partial charge in [0.25, 0.3) is 6.71 Å². The van der Waals surface area contributed by atoms with Crippen molar-refractivity contribution in [1.82, 2.24) is 0 Å². The van der Waals surface area contributed by atoms with E-state index >= 15 is 0 Å². The Balaban J connectivity index is 1.39. The zero-order valence-electron chi connectivity index (χ0n) is 40.3. The number of aryl methyl sites for hydroxylation is 1. The topological polar surface area (TPSA) is 19.6 Å². The van der Waals surface area contributed by atoms with Crippen molar-refractivity contribution >= 4 is 68.4 Å². The Morgan fingerprint density at radius 2 is 1.11 bits per heavy atom. The van der Waals surface area contributed by atoms with Crippen molar-refractivity contribution in [2.45, 2.75) is 137 Å². The van der Waals surface area contributed by atoms with E-state index in [4.69, 9.17) is 4.42 Å². The van der Waals surface area contributed by atoms with Crippen LogP contribution in [0.1, 0.15) is 136 Å².